The maximum atomic E-state index is 14.0. The standard InChI is InChI=1S/C17H13ClF3NO/c18-9-4-5-10(14(21)8-9)11-6-7-15(11)22-17(23)16-12(19)2-1-3-13(16)20/h1-5,8,11,15H,6-7H2,(H,22,23)/t11-,15-/m1/s1. The van der Waals surface area contributed by atoms with Gasteiger partial charge in [0, 0.05) is 17.0 Å². The van der Waals surface area contributed by atoms with Crippen molar-refractivity contribution < 1.29 is 18.0 Å². The lowest BCUT2D eigenvalue weighted by Crippen LogP contribution is -2.46. The Hall–Kier alpha value is -2.01. The van der Waals surface area contributed by atoms with E-state index in [1.54, 1.807) is 12.1 Å². The third-order valence-corrected chi connectivity index (χ3v) is 4.38. The van der Waals surface area contributed by atoms with Gasteiger partial charge < -0.3 is 5.32 Å². The predicted octanol–water partition coefficient (Wildman–Crippen LogP) is 4.43. The molecule has 1 amide bonds. The quantitative estimate of drug-likeness (QED) is 0.880. The van der Waals surface area contributed by atoms with Crippen molar-refractivity contribution in [1.29, 1.82) is 0 Å². The fraction of sp³-hybridized carbons (Fsp3) is 0.235. The van der Waals surface area contributed by atoms with Crippen molar-refractivity contribution >= 4 is 17.5 Å². The van der Waals surface area contributed by atoms with E-state index in [0.29, 0.717) is 23.4 Å². The number of rotatable bonds is 3. The summed E-state index contributed by atoms with van der Waals surface area (Å²) in [5.74, 6) is -3.35. The molecule has 6 heteroatoms. The van der Waals surface area contributed by atoms with Crippen molar-refractivity contribution in [1.82, 2.24) is 5.32 Å². The number of halogens is 4. The van der Waals surface area contributed by atoms with Crippen LogP contribution in [0.25, 0.3) is 0 Å². The normalized spacial score (nSPS) is 20.0. The van der Waals surface area contributed by atoms with Crippen LogP contribution in [0.1, 0.15) is 34.7 Å². The Balaban J connectivity index is 1.77. The van der Waals surface area contributed by atoms with Crippen LogP contribution in [0.15, 0.2) is 36.4 Å². The summed E-state index contributed by atoms with van der Waals surface area (Å²) in [6.45, 7) is 0. The van der Waals surface area contributed by atoms with Gasteiger partial charge in [0.15, 0.2) is 0 Å². The summed E-state index contributed by atoms with van der Waals surface area (Å²) in [5.41, 5.74) is -0.172. The van der Waals surface area contributed by atoms with E-state index in [4.69, 9.17) is 11.6 Å². The van der Waals surface area contributed by atoms with Crippen LogP contribution < -0.4 is 5.32 Å². The van der Waals surface area contributed by atoms with E-state index in [1.807, 2.05) is 0 Å². The van der Waals surface area contributed by atoms with E-state index in [-0.39, 0.29) is 12.0 Å². The Morgan fingerprint density at radius 3 is 2.30 bits per heavy atom. The number of hydrogen-bond donors (Lipinski definition) is 1. The number of nitrogens with one attached hydrogen (secondary N) is 1. The summed E-state index contributed by atoms with van der Waals surface area (Å²) in [6.07, 6.45) is 1.30. The molecule has 3 rings (SSSR count). The molecule has 0 radical (unpaired) electrons. The minimum atomic E-state index is -0.920. The van der Waals surface area contributed by atoms with Gasteiger partial charge in [-0.15, -0.1) is 0 Å². The average molecular weight is 340 g/mol. The molecule has 2 aromatic carbocycles. The summed E-state index contributed by atoms with van der Waals surface area (Å²) in [5, 5.41) is 2.88. The third kappa shape index (κ3) is 3.06. The van der Waals surface area contributed by atoms with Crippen LogP contribution >= 0.6 is 11.6 Å². The fourth-order valence-electron chi connectivity index (χ4n) is 2.80. The topological polar surface area (TPSA) is 29.1 Å². The maximum absolute atomic E-state index is 14.0. The van der Waals surface area contributed by atoms with Gasteiger partial charge in [-0.2, -0.15) is 0 Å². The van der Waals surface area contributed by atoms with Gasteiger partial charge >= 0.3 is 0 Å². The van der Waals surface area contributed by atoms with E-state index in [2.05, 4.69) is 5.32 Å². The van der Waals surface area contributed by atoms with Gasteiger partial charge in [-0.1, -0.05) is 23.7 Å². The Kier molecular flexibility index (Phi) is 4.31. The van der Waals surface area contributed by atoms with E-state index >= 15 is 0 Å². The lowest BCUT2D eigenvalue weighted by molar-refractivity contribution is 0.0895. The Morgan fingerprint density at radius 2 is 1.74 bits per heavy atom. The second kappa shape index (κ2) is 6.24. The molecular formula is C17H13ClF3NO. The van der Waals surface area contributed by atoms with E-state index in [9.17, 15) is 18.0 Å². The SMILES string of the molecule is O=C(N[C@@H]1CC[C@@H]1c1ccc(Cl)cc1F)c1c(F)cccc1F. The molecule has 23 heavy (non-hydrogen) atoms. The minimum absolute atomic E-state index is 0.231. The summed E-state index contributed by atoms with van der Waals surface area (Å²) in [7, 11) is 0. The van der Waals surface area contributed by atoms with E-state index < -0.39 is 28.9 Å². The number of carbonyl (C=O) groups is 1. The summed E-state index contributed by atoms with van der Waals surface area (Å²) in [6, 6.07) is 7.24. The summed E-state index contributed by atoms with van der Waals surface area (Å²) in [4.78, 5) is 12.1. The van der Waals surface area contributed by atoms with Gasteiger partial charge in [-0.3, -0.25) is 4.79 Å². The molecule has 1 N–H and O–H groups in total. The summed E-state index contributed by atoms with van der Waals surface area (Å²) >= 11 is 5.73. The zero-order valence-corrected chi connectivity index (χ0v) is 12.7. The molecule has 0 aromatic heterocycles. The summed E-state index contributed by atoms with van der Waals surface area (Å²) < 4.78 is 41.2. The molecule has 120 valence electrons. The molecule has 2 nitrogen and oxygen atoms in total. The molecule has 0 heterocycles. The first kappa shape index (κ1) is 15.9. The van der Waals surface area contributed by atoms with E-state index in [0.717, 1.165) is 12.1 Å². The molecule has 0 saturated heterocycles. The monoisotopic (exact) mass is 339 g/mol. The predicted molar refractivity (Wildman–Crippen MR) is 81.0 cm³/mol. The fourth-order valence-corrected chi connectivity index (χ4v) is 2.96. The number of hydrogen-bond acceptors (Lipinski definition) is 1. The minimum Gasteiger partial charge on any atom is -0.349 e. The van der Waals surface area contributed by atoms with Gasteiger partial charge in [0.25, 0.3) is 5.91 Å². The first-order valence-electron chi connectivity index (χ1n) is 7.17. The molecule has 0 unspecified atom stereocenters. The van der Waals surface area contributed by atoms with Crippen molar-refractivity contribution in [3.8, 4) is 0 Å². The lowest BCUT2D eigenvalue weighted by Gasteiger charge is -2.37. The van der Waals surface area contributed by atoms with Crippen LogP contribution in [-0.2, 0) is 0 Å². The van der Waals surface area contributed by atoms with Crippen molar-refractivity contribution in [3.05, 3.63) is 70.0 Å². The first-order valence-corrected chi connectivity index (χ1v) is 7.55. The highest BCUT2D eigenvalue weighted by molar-refractivity contribution is 6.30. The molecular weight excluding hydrogens is 327 g/mol. The number of benzene rings is 2. The Bertz CT molecular complexity index is 745. The van der Waals surface area contributed by atoms with E-state index in [1.165, 1.54) is 12.1 Å². The van der Waals surface area contributed by atoms with Crippen LogP contribution in [0.4, 0.5) is 13.2 Å². The van der Waals surface area contributed by atoms with Gasteiger partial charge in [0.2, 0.25) is 0 Å². The van der Waals surface area contributed by atoms with Crippen LogP contribution in [0, 0.1) is 17.5 Å². The molecule has 1 aliphatic rings. The van der Waals surface area contributed by atoms with Crippen molar-refractivity contribution in [3.63, 3.8) is 0 Å². The third-order valence-electron chi connectivity index (χ3n) is 4.14. The average Bonchev–Trinajstić information content (AvgIpc) is 2.46. The largest absolute Gasteiger partial charge is 0.349 e. The van der Waals surface area contributed by atoms with Crippen LogP contribution in [-0.4, -0.2) is 11.9 Å². The molecule has 0 bridgehead atoms. The molecule has 1 aliphatic carbocycles. The number of carbonyl (C=O) groups excluding carboxylic acids is 1. The van der Waals surface area contributed by atoms with Gasteiger partial charge in [-0.25, -0.2) is 13.2 Å². The first-order chi connectivity index (χ1) is 11.0. The van der Waals surface area contributed by atoms with Gasteiger partial charge in [-0.05, 0) is 42.7 Å². The maximum Gasteiger partial charge on any atom is 0.257 e. The highest BCUT2D eigenvalue weighted by atomic mass is 35.5. The second-order valence-corrected chi connectivity index (χ2v) is 5.96. The zero-order chi connectivity index (χ0) is 16.6. The van der Waals surface area contributed by atoms with Crippen molar-refractivity contribution in [2.45, 2.75) is 24.8 Å². The molecule has 2 atom stereocenters. The molecule has 0 spiro atoms. The van der Waals surface area contributed by atoms with Crippen LogP contribution in [0.5, 0.6) is 0 Å². The lowest BCUT2D eigenvalue weighted by atomic mass is 9.74. The van der Waals surface area contributed by atoms with Gasteiger partial charge in [0.05, 0.1) is 0 Å². The van der Waals surface area contributed by atoms with Crippen LogP contribution in [0.3, 0.4) is 0 Å². The highest BCUT2D eigenvalue weighted by Gasteiger charge is 2.35. The van der Waals surface area contributed by atoms with Gasteiger partial charge in [0.1, 0.15) is 23.0 Å². The Labute approximate surface area is 136 Å². The van der Waals surface area contributed by atoms with Crippen molar-refractivity contribution in [2.75, 3.05) is 0 Å². The second-order valence-electron chi connectivity index (χ2n) is 5.53. The zero-order valence-electron chi connectivity index (χ0n) is 12.0. The Morgan fingerprint density at radius 1 is 1.04 bits per heavy atom. The molecule has 2 aromatic rings. The molecule has 1 fully saturated rings. The smallest absolute Gasteiger partial charge is 0.257 e. The molecule has 1 saturated carbocycles. The molecule has 0 aliphatic heterocycles. The van der Waals surface area contributed by atoms with Crippen LogP contribution in [0.2, 0.25) is 5.02 Å². The highest BCUT2D eigenvalue weighted by Crippen LogP contribution is 2.39. The van der Waals surface area contributed by atoms with Crippen molar-refractivity contribution in [2.24, 2.45) is 0 Å². The number of amides is 1.